The molecule has 6 heteroatoms. The summed E-state index contributed by atoms with van der Waals surface area (Å²) in [5, 5.41) is 2.96. The molecule has 1 aliphatic rings. The number of hydrogen-bond donors (Lipinski definition) is 2. The lowest BCUT2D eigenvalue weighted by Gasteiger charge is -2.23. The molecule has 6 nitrogen and oxygen atoms in total. The number of aryl methyl sites for hydroxylation is 1. The predicted octanol–water partition coefficient (Wildman–Crippen LogP) is 1.51. The second-order valence-corrected chi connectivity index (χ2v) is 6.87. The molecule has 1 aromatic carbocycles. The van der Waals surface area contributed by atoms with Crippen LogP contribution in [0, 0.1) is 6.92 Å². The number of aromatic nitrogens is 2. The van der Waals surface area contributed by atoms with Crippen molar-refractivity contribution in [3.05, 3.63) is 29.6 Å². The van der Waals surface area contributed by atoms with Crippen molar-refractivity contribution in [2.45, 2.75) is 32.4 Å². The Balaban J connectivity index is 1.45. The average molecular weight is 329 g/mol. The van der Waals surface area contributed by atoms with Crippen LogP contribution in [0.15, 0.2) is 18.2 Å². The van der Waals surface area contributed by atoms with E-state index in [0.29, 0.717) is 19.0 Å². The van der Waals surface area contributed by atoms with Gasteiger partial charge in [-0.25, -0.2) is 4.98 Å². The molecule has 0 spiro atoms. The molecular formula is C18H27N5O. The summed E-state index contributed by atoms with van der Waals surface area (Å²) in [5.41, 5.74) is 3.14. The number of nitrogens with zero attached hydrogens (tertiary/aromatic N) is 3. The number of aromatic amines is 1. The summed E-state index contributed by atoms with van der Waals surface area (Å²) < 4.78 is 0. The molecule has 0 saturated carbocycles. The van der Waals surface area contributed by atoms with E-state index in [-0.39, 0.29) is 5.91 Å². The lowest BCUT2D eigenvalue weighted by atomic mass is 10.2. The molecule has 0 bridgehead atoms. The topological polar surface area (TPSA) is 64.3 Å². The van der Waals surface area contributed by atoms with Crippen LogP contribution in [0.2, 0.25) is 0 Å². The number of H-pyrrole nitrogens is 1. The van der Waals surface area contributed by atoms with E-state index >= 15 is 0 Å². The number of likely N-dealkylation sites (N-methyl/N-ethyl adjacent to an activating group) is 2. The number of likely N-dealkylation sites (tertiary alicyclic amines) is 1. The van der Waals surface area contributed by atoms with E-state index in [4.69, 9.17) is 0 Å². The maximum absolute atomic E-state index is 12.1. The number of imidazole rings is 1. The Morgan fingerprint density at radius 2 is 2.33 bits per heavy atom. The molecule has 24 heavy (non-hydrogen) atoms. The van der Waals surface area contributed by atoms with Gasteiger partial charge in [0.1, 0.15) is 5.82 Å². The molecule has 1 saturated heterocycles. The van der Waals surface area contributed by atoms with Crippen molar-refractivity contribution in [2.24, 2.45) is 0 Å². The Morgan fingerprint density at radius 1 is 1.50 bits per heavy atom. The minimum Gasteiger partial charge on any atom is -0.349 e. The molecule has 0 aliphatic carbocycles. The van der Waals surface area contributed by atoms with Crippen molar-refractivity contribution >= 4 is 16.9 Å². The highest BCUT2D eigenvalue weighted by atomic mass is 16.1. The maximum Gasteiger partial charge on any atom is 0.221 e. The highest BCUT2D eigenvalue weighted by molar-refractivity contribution is 5.79. The van der Waals surface area contributed by atoms with Gasteiger partial charge in [0, 0.05) is 25.6 Å². The first-order valence-corrected chi connectivity index (χ1v) is 8.62. The summed E-state index contributed by atoms with van der Waals surface area (Å²) in [6.07, 6.45) is 1.71. The molecule has 2 N–H and O–H groups in total. The van der Waals surface area contributed by atoms with Crippen LogP contribution in [0.4, 0.5) is 0 Å². The minimum atomic E-state index is 0.0744. The summed E-state index contributed by atoms with van der Waals surface area (Å²) in [5.74, 6) is 0.879. The van der Waals surface area contributed by atoms with Crippen LogP contribution in [0.1, 0.15) is 24.2 Å². The number of para-hydroxylation sites is 1. The van der Waals surface area contributed by atoms with E-state index in [2.05, 4.69) is 39.2 Å². The number of fused-ring (bicyclic) bond motifs is 1. The van der Waals surface area contributed by atoms with Gasteiger partial charge in [-0.1, -0.05) is 12.1 Å². The molecule has 2 heterocycles. The average Bonchev–Trinajstić information content (AvgIpc) is 3.17. The molecule has 1 atom stereocenters. The molecular weight excluding hydrogens is 302 g/mol. The Kier molecular flexibility index (Phi) is 5.16. The molecule has 130 valence electrons. The van der Waals surface area contributed by atoms with Crippen LogP contribution >= 0.6 is 0 Å². The van der Waals surface area contributed by atoms with E-state index < -0.39 is 0 Å². The fourth-order valence-corrected chi connectivity index (χ4v) is 3.31. The number of rotatable bonds is 6. The van der Waals surface area contributed by atoms with E-state index in [1.165, 1.54) is 6.42 Å². The molecule has 1 aromatic heterocycles. The molecule has 1 amide bonds. The van der Waals surface area contributed by atoms with Gasteiger partial charge < -0.3 is 20.1 Å². The zero-order chi connectivity index (χ0) is 17.1. The van der Waals surface area contributed by atoms with Gasteiger partial charge in [-0.05, 0) is 45.6 Å². The van der Waals surface area contributed by atoms with E-state index in [9.17, 15) is 4.79 Å². The predicted molar refractivity (Wildman–Crippen MR) is 95.8 cm³/mol. The van der Waals surface area contributed by atoms with Crippen molar-refractivity contribution in [2.75, 3.05) is 33.7 Å². The molecule has 0 radical (unpaired) electrons. The third-order valence-electron chi connectivity index (χ3n) is 4.90. The molecule has 0 unspecified atom stereocenters. The quantitative estimate of drug-likeness (QED) is 0.843. The Hall–Kier alpha value is -1.92. The Morgan fingerprint density at radius 3 is 3.04 bits per heavy atom. The highest BCUT2D eigenvalue weighted by Crippen LogP contribution is 2.15. The first-order valence-electron chi connectivity index (χ1n) is 8.62. The Bertz CT molecular complexity index is 710. The summed E-state index contributed by atoms with van der Waals surface area (Å²) in [6, 6.07) is 6.63. The molecule has 3 rings (SSSR count). The van der Waals surface area contributed by atoms with Crippen LogP contribution in [-0.2, 0) is 11.3 Å². The van der Waals surface area contributed by atoms with Crippen molar-refractivity contribution in [1.29, 1.82) is 0 Å². The molecule has 2 aromatic rings. The standard InChI is InChI=1S/C18H27N5O/c1-13-5-4-6-15-18(13)21-16(20-15)11-19-17(24)8-10-23(3)14-7-9-22(2)12-14/h4-6,14H,7-12H2,1-3H3,(H,19,24)(H,20,21)/t14-/m1/s1. The van der Waals surface area contributed by atoms with Gasteiger partial charge in [0.15, 0.2) is 0 Å². The third-order valence-corrected chi connectivity index (χ3v) is 4.90. The van der Waals surface area contributed by atoms with Crippen molar-refractivity contribution in [3.8, 4) is 0 Å². The smallest absolute Gasteiger partial charge is 0.221 e. The largest absolute Gasteiger partial charge is 0.349 e. The van der Waals surface area contributed by atoms with E-state index in [0.717, 1.165) is 42.1 Å². The van der Waals surface area contributed by atoms with Crippen LogP contribution < -0.4 is 5.32 Å². The van der Waals surface area contributed by atoms with E-state index in [1.54, 1.807) is 0 Å². The second-order valence-electron chi connectivity index (χ2n) is 6.87. The van der Waals surface area contributed by atoms with Crippen LogP contribution in [0.3, 0.4) is 0 Å². The summed E-state index contributed by atoms with van der Waals surface area (Å²) in [6.45, 7) is 5.53. The Labute approximate surface area is 143 Å². The third kappa shape index (κ3) is 3.94. The highest BCUT2D eigenvalue weighted by Gasteiger charge is 2.23. The maximum atomic E-state index is 12.1. The summed E-state index contributed by atoms with van der Waals surface area (Å²) >= 11 is 0. The molecule has 1 aliphatic heterocycles. The minimum absolute atomic E-state index is 0.0744. The fraction of sp³-hybridized carbons (Fsp3) is 0.556. The second kappa shape index (κ2) is 7.32. The van der Waals surface area contributed by atoms with Gasteiger partial charge in [0.05, 0.1) is 17.6 Å². The number of hydrogen-bond acceptors (Lipinski definition) is 4. The number of carbonyl (C=O) groups is 1. The summed E-state index contributed by atoms with van der Waals surface area (Å²) in [7, 11) is 4.26. The fourth-order valence-electron chi connectivity index (χ4n) is 3.31. The summed E-state index contributed by atoms with van der Waals surface area (Å²) in [4.78, 5) is 24.6. The lowest BCUT2D eigenvalue weighted by molar-refractivity contribution is -0.121. The van der Waals surface area contributed by atoms with Gasteiger partial charge in [0.2, 0.25) is 5.91 Å². The van der Waals surface area contributed by atoms with Gasteiger partial charge in [-0.2, -0.15) is 0 Å². The lowest BCUT2D eigenvalue weighted by Crippen LogP contribution is -2.36. The van der Waals surface area contributed by atoms with Crippen LogP contribution in [-0.4, -0.2) is 65.4 Å². The van der Waals surface area contributed by atoms with Crippen LogP contribution in [0.5, 0.6) is 0 Å². The normalized spacial score (nSPS) is 18.6. The van der Waals surface area contributed by atoms with Crippen LogP contribution in [0.25, 0.3) is 11.0 Å². The van der Waals surface area contributed by atoms with Gasteiger partial charge in [0.25, 0.3) is 0 Å². The SMILES string of the molecule is Cc1cccc2[nH]c(CNC(=O)CCN(C)[C@@H]3CCN(C)C3)nc12. The van der Waals surface area contributed by atoms with Crippen molar-refractivity contribution in [1.82, 2.24) is 25.1 Å². The zero-order valence-corrected chi connectivity index (χ0v) is 14.8. The number of carbonyl (C=O) groups excluding carboxylic acids is 1. The number of benzene rings is 1. The van der Waals surface area contributed by atoms with E-state index in [1.807, 2.05) is 25.1 Å². The first kappa shape index (κ1) is 16.9. The van der Waals surface area contributed by atoms with Crippen molar-refractivity contribution in [3.63, 3.8) is 0 Å². The van der Waals surface area contributed by atoms with Gasteiger partial charge >= 0.3 is 0 Å². The van der Waals surface area contributed by atoms with Crippen molar-refractivity contribution < 1.29 is 4.79 Å². The first-order chi connectivity index (χ1) is 11.5. The van der Waals surface area contributed by atoms with Gasteiger partial charge in [-0.15, -0.1) is 0 Å². The number of amides is 1. The number of nitrogens with one attached hydrogen (secondary N) is 2. The van der Waals surface area contributed by atoms with Gasteiger partial charge in [-0.3, -0.25) is 4.79 Å². The zero-order valence-electron chi connectivity index (χ0n) is 14.8. The monoisotopic (exact) mass is 329 g/mol. The molecule has 1 fully saturated rings.